The number of nitrogens with zero attached hydrogens (tertiary/aromatic N) is 1. The van der Waals surface area contributed by atoms with Gasteiger partial charge in [-0.1, -0.05) is 0 Å². The fraction of sp³-hybridized carbons (Fsp3) is 0.300. The second kappa shape index (κ2) is 3.78. The average molecular weight is 206 g/mol. The minimum absolute atomic E-state index is 0.107. The predicted octanol–water partition coefficient (Wildman–Crippen LogP) is 0.261. The molecule has 5 heteroatoms. The first kappa shape index (κ1) is 9.79. The van der Waals surface area contributed by atoms with E-state index in [1.807, 2.05) is 6.07 Å². The quantitative estimate of drug-likeness (QED) is 0.629. The lowest BCUT2D eigenvalue weighted by Crippen LogP contribution is -2.18. The number of nitrogens with two attached hydrogens (primary N) is 2. The molecule has 0 fully saturated rings. The Hall–Kier alpha value is -1.75. The van der Waals surface area contributed by atoms with Crippen molar-refractivity contribution in [2.45, 2.75) is 13.0 Å². The summed E-state index contributed by atoms with van der Waals surface area (Å²) in [5, 5.41) is 0. The van der Waals surface area contributed by atoms with Gasteiger partial charge in [0.15, 0.2) is 0 Å². The summed E-state index contributed by atoms with van der Waals surface area (Å²) in [6.07, 6.45) is 0.779. The van der Waals surface area contributed by atoms with Gasteiger partial charge in [0.2, 0.25) is 0 Å². The fourth-order valence-electron chi connectivity index (χ4n) is 1.64. The van der Waals surface area contributed by atoms with Crippen molar-refractivity contribution >= 4 is 16.7 Å². The van der Waals surface area contributed by atoms with E-state index in [0.29, 0.717) is 18.8 Å². The largest absolute Gasteiger partial charge is 0.399 e. The van der Waals surface area contributed by atoms with Crippen LogP contribution in [-0.4, -0.2) is 16.1 Å². The second-order valence-corrected chi connectivity index (χ2v) is 3.50. The Morgan fingerprint density at radius 2 is 2.20 bits per heavy atom. The van der Waals surface area contributed by atoms with Gasteiger partial charge in [-0.15, -0.1) is 0 Å². The second-order valence-electron chi connectivity index (χ2n) is 3.50. The SMILES string of the molecule is NCCCn1c(=O)[nH]c2ccc(N)cc21. The predicted molar refractivity (Wildman–Crippen MR) is 60.6 cm³/mol. The number of anilines is 1. The van der Waals surface area contributed by atoms with Crippen molar-refractivity contribution in [2.75, 3.05) is 12.3 Å². The average Bonchev–Trinajstić information content (AvgIpc) is 2.51. The number of aryl methyl sites for hydroxylation is 1. The van der Waals surface area contributed by atoms with Gasteiger partial charge in [0, 0.05) is 12.2 Å². The maximum Gasteiger partial charge on any atom is 0.326 e. The molecule has 1 heterocycles. The van der Waals surface area contributed by atoms with Crippen LogP contribution in [0.3, 0.4) is 0 Å². The highest BCUT2D eigenvalue weighted by molar-refractivity contribution is 5.78. The minimum Gasteiger partial charge on any atom is -0.399 e. The van der Waals surface area contributed by atoms with E-state index < -0.39 is 0 Å². The standard InChI is InChI=1S/C10H14N4O/c11-4-1-5-14-9-6-7(12)2-3-8(9)13-10(14)15/h2-3,6H,1,4-5,11-12H2,(H,13,15). The molecule has 15 heavy (non-hydrogen) atoms. The number of aromatic nitrogens is 2. The Balaban J connectivity index is 2.55. The van der Waals surface area contributed by atoms with Gasteiger partial charge in [0.25, 0.3) is 0 Å². The van der Waals surface area contributed by atoms with Gasteiger partial charge in [0.1, 0.15) is 0 Å². The molecule has 0 saturated carbocycles. The van der Waals surface area contributed by atoms with Crippen molar-refractivity contribution in [3.05, 3.63) is 28.7 Å². The normalized spacial score (nSPS) is 11.0. The fourth-order valence-corrected chi connectivity index (χ4v) is 1.64. The van der Waals surface area contributed by atoms with Crippen LogP contribution in [0.2, 0.25) is 0 Å². The van der Waals surface area contributed by atoms with Crippen molar-refractivity contribution in [1.29, 1.82) is 0 Å². The van der Waals surface area contributed by atoms with Crippen LogP contribution in [0, 0.1) is 0 Å². The molecule has 2 rings (SSSR count). The molecule has 80 valence electrons. The lowest BCUT2D eigenvalue weighted by Gasteiger charge is -2.01. The zero-order valence-corrected chi connectivity index (χ0v) is 8.36. The Labute approximate surface area is 86.7 Å². The number of imidazole rings is 1. The number of aromatic amines is 1. The summed E-state index contributed by atoms with van der Waals surface area (Å²) in [7, 11) is 0. The molecule has 5 N–H and O–H groups in total. The number of benzene rings is 1. The number of rotatable bonds is 3. The van der Waals surface area contributed by atoms with Gasteiger partial charge in [-0.05, 0) is 31.2 Å². The summed E-state index contributed by atoms with van der Waals surface area (Å²) >= 11 is 0. The van der Waals surface area contributed by atoms with Crippen LogP contribution in [-0.2, 0) is 6.54 Å². The van der Waals surface area contributed by atoms with E-state index in [9.17, 15) is 4.79 Å². The molecule has 0 radical (unpaired) electrons. The zero-order chi connectivity index (χ0) is 10.8. The third kappa shape index (κ3) is 1.73. The van der Waals surface area contributed by atoms with E-state index in [1.165, 1.54) is 0 Å². The summed E-state index contributed by atoms with van der Waals surface area (Å²) in [6, 6.07) is 5.38. The first-order valence-electron chi connectivity index (χ1n) is 4.90. The molecule has 0 aliphatic carbocycles. The lowest BCUT2D eigenvalue weighted by atomic mass is 10.3. The Morgan fingerprint density at radius 3 is 2.93 bits per heavy atom. The van der Waals surface area contributed by atoms with E-state index in [0.717, 1.165) is 17.5 Å². The molecule has 0 amide bonds. The molecule has 2 aromatic rings. The third-order valence-corrected chi connectivity index (χ3v) is 2.39. The van der Waals surface area contributed by atoms with E-state index in [2.05, 4.69) is 4.98 Å². The summed E-state index contributed by atoms with van der Waals surface area (Å²) < 4.78 is 1.67. The number of H-pyrrole nitrogens is 1. The summed E-state index contributed by atoms with van der Waals surface area (Å²) in [6.45, 7) is 1.19. The summed E-state index contributed by atoms with van der Waals surface area (Å²) in [4.78, 5) is 14.4. The van der Waals surface area contributed by atoms with Gasteiger partial charge in [-0.25, -0.2) is 4.79 Å². The minimum atomic E-state index is -0.107. The van der Waals surface area contributed by atoms with Crippen molar-refractivity contribution in [3.63, 3.8) is 0 Å². The van der Waals surface area contributed by atoms with Gasteiger partial charge < -0.3 is 16.5 Å². The molecule has 0 aliphatic heterocycles. The molecule has 0 unspecified atom stereocenters. The Kier molecular flexibility index (Phi) is 2.47. The van der Waals surface area contributed by atoms with Gasteiger partial charge >= 0.3 is 5.69 Å². The van der Waals surface area contributed by atoms with Gasteiger partial charge in [0.05, 0.1) is 11.0 Å². The molecule has 0 atom stereocenters. The van der Waals surface area contributed by atoms with Crippen LogP contribution < -0.4 is 17.2 Å². The monoisotopic (exact) mass is 206 g/mol. The van der Waals surface area contributed by atoms with E-state index in [4.69, 9.17) is 11.5 Å². The van der Waals surface area contributed by atoms with Crippen LogP contribution in [0.15, 0.2) is 23.0 Å². The van der Waals surface area contributed by atoms with Crippen LogP contribution >= 0.6 is 0 Å². The zero-order valence-electron chi connectivity index (χ0n) is 8.36. The van der Waals surface area contributed by atoms with Crippen LogP contribution in [0.25, 0.3) is 11.0 Å². The molecule has 1 aromatic heterocycles. The maximum absolute atomic E-state index is 11.6. The molecule has 0 saturated heterocycles. The molecule has 0 bridgehead atoms. The molecule has 5 nitrogen and oxygen atoms in total. The highest BCUT2D eigenvalue weighted by Gasteiger charge is 2.05. The first-order chi connectivity index (χ1) is 7.22. The van der Waals surface area contributed by atoms with Gasteiger partial charge in [-0.2, -0.15) is 0 Å². The van der Waals surface area contributed by atoms with E-state index in [1.54, 1.807) is 16.7 Å². The highest BCUT2D eigenvalue weighted by Crippen LogP contribution is 2.14. The number of nitrogen functional groups attached to an aromatic ring is 1. The van der Waals surface area contributed by atoms with Crippen molar-refractivity contribution in [1.82, 2.24) is 9.55 Å². The van der Waals surface area contributed by atoms with Crippen molar-refractivity contribution in [2.24, 2.45) is 5.73 Å². The summed E-state index contributed by atoms with van der Waals surface area (Å²) in [5.74, 6) is 0. The number of hydrogen-bond donors (Lipinski definition) is 3. The van der Waals surface area contributed by atoms with Crippen molar-refractivity contribution in [3.8, 4) is 0 Å². The number of hydrogen-bond acceptors (Lipinski definition) is 3. The van der Waals surface area contributed by atoms with Crippen LogP contribution in [0.1, 0.15) is 6.42 Å². The molecule has 1 aromatic carbocycles. The van der Waals surface area contributed by atoms with Crippen molar-refractivity contribution < 1.29 is 0 Å². The van der Waals surface area contributed by atoms with Gasteiger partial charge in [-0.3, -0.25) is 4.57 Å². The molecular formula is C10H14N4O. The Morgan fingerprint density at radius 1 is 1.40 bits per heavy atom. The number of nitrogens with one attached hydrogen (secondary N) is 1. The Bertz CT molecular complexity index is 526. The van der Waals surface area contributed by atoms with Crippen LogP contribution in [0.4, 0.5) is 5.69 Å². The summed E-state index contributed by atoms with van der Waals surface area (Å²) in [5.41, 5.74) is 13.3. The van der Waals surface area contributed by atoms with Crippen LogP contribution in [0.5, 0.6) is 0 Å². The smallest absolute Gasteiger partial charge is 0.326 e. The molecule has 0 aliphatic rings. The van der Waals surface area contributed by atoms with E-state index >= 15 is 0 Å². The third-order valence-electron chi connectivity index (χ3n) is 2.39. The topological polar surface area (TPSA) is 89.8 Å². The maximum atomic E-state index is 11.6. The van der Waals surface area contributed by atoms with E-state index in [-0.39, 0.29) is 5.69 Å². The molecular weight excluding hydrogens is 192 g/mol. The molecule has 0 spiro atoms. The number of fused-ring (bicyclic) bond motifs is 1. The lowest BCUT2D eigenvalue weighted by molar-refractivity contribution is 0.647. The highest BCUT2D eigenvalue weighted by atomic mass is 16.1. The first-order valence-corrected chi connectivity index (χ1v) is 4.90.